The fraction of sp³-hybridized carbons (Fsp3) is 0.471. The topological polar surface area (TPSA) is 40.5 Å². The Balaban J connectivity index is 1.91. The number of hydrogen-bond donors (Lipinski definition) is 1. The van der Waals surface area contributed by atoms with Crippen molar-refractivity contribution in [2.45, 2.75) is 44.1 Å². The van der Waals surface area contributed by atoms with Gasteiger partial charge in [0.15, 0.2) is 0 Å². The van der Waals surface area contributed by atoms with E-state index in [1.54, 1.807) is 11.8 Å². The van der Waals surface area contributed by atoms with E-state index in [0.717, 1.165) is 29.8 Å². The molecular weight excluding hydrogens is 282 g/mol. The van der Waals surface area contributed by atoms with E-state index in [0.29, 0.717) is 5.75 Å². The first kappa shape index (κ1) is 16.1. The monoisotopic (exact) mass is 305 g/mol. The molecule has 0 heterocycles. The Morgan fingerprint density at radius 1 is 1.29 bits per heavy atom. The SMILES string of the molecule is CCN(C(=O)CSc1ccc(CO)cc1)C1=CCCCC1. The molecule has 0 bridgehead atoms. The lowest BCUT2D eigenvalue weighted by Gasteiger charge is -2.26. The summed E-state index contributed by atoms with van der Waals surface area (Å²) in [5.74, 6) is 0.644. The Kier molecular flexibility index (Phi) is 6.33. The number of thioether (sulfide) groups is 1. The Morgan fingerprint density at radius 2 is 2.05 bits per heavy atom. The molecule has 1 aliphatic carbocycles. The summed E-state index contributed by atoms with van der Waals surface area (Å²) >= 11 is 1.56. The highest BCUT2D eigenvalue weighted by atomic mass is 32.2. The van der Waals surface area contributed by atoms with Gasteiger partial charge in [0.2, 0.25) is 5.91 Å². The van der Waals surface area contributed by atoms with Crippen molar-refractivity contribution in [2.24, 2.45) is 0 Å². The number of carbonyl (C=O) groups is 1. The second kappa shape index (κ2) is 8.25. The van der Waals surface area contributed by atoms with Crippen LogP contribution in [0, 0.1) is 0 Å². The predicted molar refractivity (Wildman–Crippen MR) is 87.0 cm³/mol. The van der Waals surface area contributed by atoms with Gasteiger partial charge in [-0.25, -0.2) is 0 Å². The van der Waals surface area contributed by atoms with Crippen molar-refractivity contribution in [3.63, 3.8) is 0 Å². The van der Waals surface area contributed by atoms with Crippen LogP contribution in [0.1, 0.15) is 38.2 Å². The number of allylic oxidation sites excluding steroid dienone is 2. The minimum atomic E-state index is 0.0572. The van der Waals surface area contributed by atoms with Crippen molar-refractivity contribution in [3.8, 4) is 0 Å². The van der Waals surface area contributed by atoms with Crippen LogP contribution in [-0.4, -0.2) is 28.2 Å². The molecule has 0 aliphatic heterocycles. The van der Waals surface area contributed by atoms with Crippen LogP contribution in [-0.2, 0) is 11.4 Å². The smallest absolute Gasteiger partial charge is 0.237 e. The van der Waals surface area contributed by atoms with Gasteiger partial charge in [-0.2, -0.15) is 0 Å². The highest BCUT2D eigenvalue weighted by Crippen LogP contribution is 2.23. The molecule has 1 aliphatic rings. The first-order valence-electron chi connectivity index (χ1n) is 7.56. The van der Waals surface area contributed by atoms with E-state index in [2.05, 4.69) is 6.08 Å². The van der Waals surface area contributed by atoms with E-state index in [-0.39, 0.29) is 12.5 Å². The largest absolute Gasteiger partial charge is 0.392 e. The zero-order chi connectivity index (χ0) is 15.1. The summed E-state index contributed by atoms with van der Waals surface area (Å²) < 4.78 is 0. The highest BCUT2D eigenvalue weighted by molar-refractivity contribution is 8.00. The molecule has 0 spiro atoms. The number of hydrogen-bond acceptors (Lipinski definition) is 3. The van der Waals surface area contributed by atoms with Crippen LogP contribution in [0.15, 0.2) is 40.9 Å². The van der Waals surface area contributed by atoms with Gasteiger partial charge in [0, 0.05) is 17.1 Å². The Labute approximate surface area is 131 Å². The molecule has 21 heavy (non-hydrogen) atoms. The number of nitrogens with zero attached hydrogens (tertiary/aromatic N) is 1. The summed E-state index contributed by atoms with van der Waals surface area (Å²) in [6, 6.07) is 7.71. The molecule has 114 valence electrons. The molecule has 0 fully saturated rings. The zero-order valence-corrected chi connectivity index (χ0v) is 13.4. The average Bonchev–Trinajstić information content (AvgIpc) is 2.55. The van der Waals surface area contributed by atoms with Gasteiger partial charge in [0.05, 0.1) is 12.4 Å². The highest BCUT2D eigenvalue weighted by Gasteiger charge is 2.17. The number of amides is 1. The van der Waals surface area contributed by atoms with Gasteiger partial charge in [0.1, 0.15) is 0 Å². The fourth-order valence-corrected chi connectivity index (χ4v) is 3.29. The van der Waals surface area contributed by atoms with Gasteiger partial charge in [-0.3, -0.25) is 4.79 Å². The fourth-order valence-electron chi connectivity index (χ4n) is 2.52. The van der Waals surface area contributed by atoms with E-state index in [1.165, 1.54) is 18.5 Å². The van der Waals surface area contributed by atoms with Gasteiger partial charge in [-0.1, -0.05) is 18.2 Å². The van der Waals surface area contributed by atoms with E-state index >= 15 is 0 Å². The molecule has 0 aromatic heterocycles. The van der Waals surface area contributed by atoms with Crippen molar-refractivity contribution < 1.29 is 9.90 Å². The maximum Gasteiger partial charge on any atom is 0.237 e. The molecule has 1 N–H and O–H groups in total. The second-order valence-corrected chi connectivity index (χ2v) is 6.22. The Bertz CT molecular complexity index is 496. The number of aliphatic hydroxyl groups excluding tert-OH is 1. The van der Waals surface area contributed by atoms with Crippen molar-refractivity contribution in [2.75, 3.05) is 12.3 Å². The third kappa shape index (κ3) is 4.61. The lowest BCUT2D eigenvalue weighted by Crippen LogP contribution is -2.32. The lowest BCUT2D eigenvalue weighted by molar-refractivity contribution is -0.126. The predicted octanol–water partition coefficient (Wildman–Crippen LogP) is 3.58. The van der Waals surface area contributed by atoms with Crippen molar-refractivity contribution in [1.82, 2.24) is 4.90 Å². The molecule has 0 saturated carbocycles. The van der Waals surface area contributed by atoms with Crippen LogP contribution in [0.4, 0.5) is 0 Å². The van der Waals surface area contributed by atoms with Crippen molar-refractivity contribution in [3.05, 3.63) is 41.6 Å². The number of carbonyl (C=O) groups excluding carboxylic acids is 1. The van der Waals surface area contributed by atoms with Crippen LogP contribution in [0.25, 0.3) is 0 Å². The molecule has 4 heteroatoms. The Hall–Kier alpha value is -1.26. The van der Waals surface area contributed by atoms with Crippen LogP contribution in [0.2, 0.25) is 0 Å². The minimum Gasteiger partial charge on any atom is -0.392 e. The summed E-state index contributed by atoms with van der Waals surface area (Å²) in [6.07, 6.45) is 6.75. The van der Waals surface area contributed by atoms with Crippen LogP contribution >= 0.6 is 11.8 Å². The van der Waals surface area contributed by atoms with Crippen LogP contribution < -0.4 is 0 Å². The second-order valence-electron chi connectivity index (χ2n) is 5.17. The zero-order valence-electron chi connectivity index (χ0n) is 12.5. The van der Waals surface area contributed by atoms with E-state index in [9.17, 15) is 4.79 Å². The molecule has 0 unspecified atom stereocenters. The van der Waals surface area contributed by atoms with Gasteiger partial charge >= 0.3 is 0 Å². The minimum absolute atomic E-state index is 0.0572. The van der Waals surface area contributed by atoms with Gasteiger partial charge < -0.3 is 10.0 Å². The summed E-state index contributed by atoms with van der Waals surface area (Å²) in [7, 11) is 0. The summed E-state index contributed by atoms with van der Waals surface area (Å²) in [6.45, 7) is 2.84. The first-order chi connectivity index (χ1) is 10.2. The number of rotatable bonds is 6. The Morgan fingerprint density at radius 3 is 2.62 bits per heavy atom. The third-order valence-corrected chi connectivity index (χ3v) is 4.70. The molecule has 1 aromatic rings. The maximum absolute atomic E-state index is 12.4. The molecule has 3 nitrogen and oxygen atoms in total. The van der Waals surface area contributed by atoms with Gasteiger partial charge in [0.25, 0.3) is 0 Å². The van der Waals surface area contributed by atoms with Crippen LogP contribution in [0.5, 0.6) is 0 Å². The molecule has 0 saturated heterocycles. The third-order valence-electron chi connectivity index (χ3n) is 3.70. The van der Waals surface area contributed by atoms with Gasteiger partial charge in [-0.15, -0.1) is 11.8 Å². The van der Waals surface area contributed by atoms with E-state index in [4.69, 9.17) is 5.11 Å². The summed E-state index contributed by atoms with van der Waals surface area (Å²) in [5.41, 5.74) is 2.10. The molecular formula is C17H23NO2S. The first-order valence-corrected chi connectivity index (χ1v) is 8.55. The van der Waals surface area contributed by atoms with Gasteiger partial charge in [-0.05, 0) is 50.3 Å². The number of benzene rings is 1. The molecule has 0 radical (unpaired) electrons. The normalized spacial score (nSPS) is 14.7. The maximum atomic E-state index is 12.4. The van der Waals surface area contributed by atoms with Crippen molar-refractivity contribution in [1.29, 1.82) is 0 Å². The standard InChI is InChI=1S/C17H23NO2S/c1-2-18(15-6-4-3-5-7-15)17(20)13-21-16-10-8-14(12-19)9-11-16/h6,8-11,19H,2-5,7,12-13H2,1H3. The van der Waals surface area contributed by atoms with Crippen LogP contribution in [0.3, 0.4) is 0 Å². The molecule has 2 rings (SSSR count). The summed E-state index contributed by atoms with van der Waals surface area (Å²) in [5, 5.41) is 9.02. The summed E-state index contributed by atoms with van der Waals surface area (Å²) in [4.78, 5) is 15.4. The molecule has 0 atom stereocenters. The van der Waals surface area contributed by atoms with E-state index in [1.807, 2.05) is 36.1 Å². The van der Waals surface area contributed by atoms with Crippen molar-refractivity contribution >= 4 is 17.7 Å². The number of aliphatic hydroxyl groups is 1. The molecule has 1 amide bonds. The average molecular weight is 305 g/mol. The lowest BCUT2D eigenvalue weighted by atomic mass is 10.0. The van der Waals surface area contributed by atoms with E-state index < -0.39 is 0 Å². The molecule has 1 aromatic carbocycles. The quantitative estimate of drug-likeness (QED) is 0.817.